The summed E-state index contributed by atoms with van der Waals surface area (Å²) in [6.07, 6.45) is 4.34. The number of hydrogen-bond acceptors (Lipinski definition) is 4. The van der Waals surface area contributed by atoms with E-state index in [1.807, 2.05) is 0 Å². The SMILES string of the molecule is CC=C1/C(=C\C)C2=NSC(C3(C)CO3)N2c2ccccc21. The summed E-state index contributed by atoms with van der Waals surface area (Å²) in [6, 6.07) is 8.58. The van der Waals surface area contributed by atoms with Gasteiger partial charge in [-0.25, -0.2) is 0 Å². The highest BCUT2D eigenvalue weighted by atomic mass is 32.2. The topological polar surface area (TPSA) is 28.1 Å². The Morgan fingerprint density at radius 1 is 1.29 bits per heavy atom. The van der Waals surface area contributed by atoms with E-state index in [-0.39, 0.29) is 11.0 Å². The molecule has 108 valence electrons. The van der Waals surface area contributed by atoms with Crippen molar-refractivity contribution in [1.82, 2.24) is 0 Å². The second-order valence-corrected chi connectivity index (χ2v) is 6.61. The first-order valence-electron chi connectivity index (χ1n) is 7.29. The Labute approximate surface area is 129 Å². The summed E-state index contributed by atoms with van der Waals surface area (Å²) < 4.78 is 10.5. The average Bonchev–Trinajstić information content (AvgIpc) is 3.10. The van der Waals surface area contributed by atoms with Crippen molar-refractivity contribution in [1.29, 1.82) is 0 Å². The molecule has 3 heterocycles. The second-order valence-electron chi connectivity index (χ2n) is 5.77. The second kappa shape index (κ2) is 4.49. The van der Waals surface area contributed by atoms with E-state index in [0.717, 1.165) is 12.4 Å². The van der Waals surface area contributed by atoms with Gasteiger partial charge in [0, 0.05) is 23.1 Å². The normalized spacial score (nSPS) is 34.0. The molecule has 21 heavy (non-hydrogen) atoms. The lowest BCUT2D eigenvalue weighted by Crippen LogP contribution is -2.45. The highest BCUT2D eigenvalue weighted by Gasteiger charge is 2.55. The Morgan fingerprint density at radius 2 is 2.00 bits per heavy atom. The first kappa shape index (κ1) is 13.2. The summed E-state index contributed by atoms with van der Waals surface area (Å²) in [5, 5.41) is 0.224. The molecule has 2 unspecified atom stereocenters. The summed E-state index contributed by atoms with van der Waals surface area (Å²) in [7, 11) is 0. The average molecular weight is 298 g/mol. The third kappa shape index (κ3) is 1.75. The fourth-order valence-corrected chi connectivity index (χ4v) is 4.19. The van der Waals surface area contributed by atoms with Gasteiger partial charge in [-0.15, -0.1) is 0 Å². The first-order chi connectivity index (χ1) is 10.2. The molecule has 0 aliphatic carbocycles. The molecule has 0 aromatic heterocycles. The van der Waals surface area contributed by atoms with Gasteiger partial charge in [-0.2, -0.15) is 4.40 Å². The van der Waals surface area contributed by atoms with Gasteiger partial charge < -0.3 is 9.64 Å². The Hall–Kier alpha value is -1.52. The summed E-state index contributed by atoms with van der Waals surface area (Å²) >= 11 is 1.63. The Morgan fingerprint density at radius 3 is 2.67 bits per heavy atom. The van der Waals surface area contributed by atoms with Gasteiger partial charge in [-0.05, 0) is 32.4 Å². The lowest BCUT2D eigenvalue weighted by Gasteiger charge is -2.36. The van der Waals surface area contributed by atoms with Crippen LogP contribution in [0.25, 0.3) is 5.57 Å². The van der Waals surface area contributed by atoms with Crippen LogP contribution in [0.4, 0.5) is 5.69 Å². The quantitative estimate of drug-likeness (QED) is 0.579. The number of amidine groups is 1. The van der Waals surface area contributed by atoms with Crippen molar-refractivity contribution in [2.24, 2.45) is 4.40 Å². The van der Waals surface area contributed by atoms with Gasteiger partial charge in [-0.3, -0.25) is 0 Å². The molecule has 3 nitrogen and oxygen atoms in total. The predicted molar refractivity (Wildman–Crippen MR) is 89.5 cm³/mol. The standard InChI is InChI=1S/C17H18N2OS/c1-4-11-12(5-2)15-18-21-16(17(3)10-20-17)19(15)14-9-7-6-8-13(11)14/h4-9,16H,10H2,1-3H3/b11-4?,12-5+. The molecule has 2 atom stereocenters. The molecule has 1 saturated heterocycles. The summed E-state index contributed by atoms with van der Waals surface area (Å²) in [6.45, 7) is 7.16. The maximum atomic E-state index is 5.70. The van der Waals surface area contributed by atoms with Crippen LogP contribution in [0.1, 0.15) is 26.3 Å². The van der Waals surface area contributed by atoms with E-state index in [1.54, 1.807) is 11.9 Å². The van der Waals surface area contributed by atoms with Crippen molar-refractivity contribution in [3.05, 3.63) is 47.6 Å². The molecule has 0 amide bonds. The molecule has 0 N–H and O–H groups in total. The highest BCUT2D eigenvalue weighted by Crippen LogP contribution is 2.51. The van der Waals surface area contributed by atoms with Gasteiger partial charge in [0.15, 0.2) is 0 Å². The van der Waals surface area contributed by atoms with Gasteiger partial charge in [0.1, 0.15) is 16.8 Å². The van der Waals surface area contributed by atoms with Crippen LogP contribution in [0.5, 0.6) is 0 Å². The van der Waals surface area contributed by atoms with Crippen molar-refractivity contribution >= 4 is 29.0 Å². The molecular formula is C17H18N2OS. The van der Waals surface area contributed by atoms with Gasteiger partial charge in [0.05, 0.1) is 12.3 Å². The smallest absolute Gasteiger partial charge is 0.149 e. The van der Waals surface area contributed by atoms with Crippen LogP contribution >= 0.6 is 11.9 Å². The Kier molecular flexibility index (Phi) is 2.81. The highest BCUT2D eigenvalue weighted by molar-refractivity contribution is 7.99. The lowest BCUT2D eigenvalue weighted by atomic mass is 9.89. The molecule has 4 rings (SSSR count). The summed E-state index contributed by atoms with van der Waals surface area (Å²) in [4.78, 5) is 2.36. The number of allylic oxidation sites excluding steroid dienone is 2. The molecule has 1 fully saturated rings. The molecule has 1 aromatic carbocycles. The number of benzene rings is 1. The minimum absolute atomic E-state index is 0.0880. The fourth-order valence-electron chi connectivity index (χ4n) is 3.13. The van der Waals surface area contributed by atoms with Crippen LogP contribution in [0.2, 0.25) is 0 Å². The van der Waals surface area contributed by atoms with E-state index in [4.69, 9.17) is 9.13 Å². The van der Waals surface area contributed by atoms with E-state index >= 15 is 0 Å². The van der Waals surface area contributed by atoms with Crippen LogP contribution < -0.4 is 4.90 Å². The summed E-state index contributed by atoms with van der Waals surface area (Å²) in [5.74, 6) is 1.07. The largest absolute Gasteiger partial charge is 0.367 e. The third-order valence-electron chi connectivity index (χ3n) is 4.39. The zero-order chi connectivity index (χ0) is 14.6. The van der Waals surface area contributed by atoms with Crippen molar-refractivity contribution < 1.29 is 4.74 Å². The molecule has 0 bridgehead atoms. The van der Waals surface area contributed by atoms with Gasteiger partial charge >= 0.3 is 0 Å². The molecule has 4 heteroatoms. The van der Waals surface area contributed by atoms with Crippen molar-refractivity contribution in [2.75, 3.05) is 11.5 Å². The summed E-state index contributed by atoms with van der Waals surface area (Å²) in [5.41, 5.74) is 4.92. The van der Waals surface area contributed by atoms with Gasteiger partial charge in [-0.1, -0.05) is 30.4 Å². The van der Waals surface area contributed by atoms with Crippen molar-refractivity contribution in [3.8, 4) is 0 Å². The first-order valence-corrected chi connectivity index (χ1v) is 8.13. The number of ether oxygens (including phenoxy) is 1. The van der Waals surface area contributed by atoms with Gasteiger partial charge in [0.2, 0.25) is 0 Å². The number of rotatable bonds is 1. The van der Waals surface area contributed by atoms with Crippen LogP contribution in [0.15, 0.2) is 46.4 Å². The van der Waals surface area contributed by atoms with Crippen molar-refractivity contribution in [2.45, 2.75) is 31.7 Å². The molecule has 1 aromatic rings. The third-order valence-corrected chi connectivity index (χ3v) is 5.57. The number of para-hydroxylation sites is 1. The number of nitrogens with zero attached hydrogens (tertiary/aromatic N) is 2. The van der Waals surface area contributed by atoms with Crippen LogP contribution in [0.3, 0.4) is 0 Å². The minimum atomic E-state index is -0.0880. The predicted octanol–water partition coefficient (Wildman–Crippen LogP) is 4.03. The van der Waals surface area contributed by atoms with E-state index in [2.05, 4.69) is 62.1 Å². The molecule has 0 radical (unpaired) electrons. The van der Waals surface area contributed by atoms with E-state index in [0.29, 0.717) is 0 Å². The maximum absolute atomic E-state index is 5.70. The Bertz CT molecular complexity index is 700. The zero-order valence-electron chi connectivity index (χ0n) is 12.5. The number of epoxide rings is 1. The minimum Gasteiger partial charge on any atom is -0.367 e. The van der Waals surface area contributed by atoms with E-state index < -0.39 is 0 Å². The van der Waals surface area contributed by atoms with Crippen LogP contribution in [0, 0.1) is 0 Å². The molecule has 0 saturated carbocycles. The maximum Gasteiger partial charge on any atom is 0.149 e. The van der Waals surface area contributed by atoms with Gasteiger partial charge in [0.25, 0.3) is 0 Å². The molecule has 3 aliphatic rings. The van der Waals surface area contributed by atoms with Crippen LogP contribution in [-0.2, 0) is 4.74 Å². The number of hydrogen-bond donors (Lipinski definition) is 0. The number of anilines is 1. The molecule has 0 spiro atoms. The monoisotopic (exact) mass is 298 g/mol. The Balaban J connectivity index is 1.93. The molecular weight excluding hydrogens is 280 g/mol. The lowest BCUT2D eigenvalue weighted by molar-refractivity contribution is 0.319. The number of fused-ring (bicyclic) bond motifs is 3. The zero-order valence-corrected chi connectivity index (χ0v) is 13.3. The fraction of sp³-hybridized carbons (Fsp3) is 0.353. The van der Waals surface area contributed by atoms with Crippen molar-refractivity contribution in [3.63, 3.8) is 0 Å². The van der Waals surface area contributed by atoms with E-state index in [1.165, 1.54) is 22.4 Å². The van der Waals surface area contributed by atoms with Crippen LogP contribution in [-0.4, -0.2) is 23.4 Å². The molecule has 3 aliphatic heterocycles. The van der Waals surface area contributed by atoms with E-state index in [9.17, 15) is 0 Å².